The minimum Gasteiger partial charge on any atom is -0.457 e. The summed E-state index contributed by atoms with van der Waals surface area (Å²) in [6.07, 6.45) is 0. The fourth-order valence-corrected chi connectivity index (χ4v) is 1.59. The van der Waals surface area contributed by atoms with Crippen LogP contribution >= 0.6 is 12.4 Å². The predicted octanol–water partition coefficient (Wildman–Crippen LogP) is 2.59. The second kappa shape index (κ2) is 8.19. The quantitative estimate of drug-likeness (QED) is 0.890. The number of benzene rings is 2. The second-order valence-corrected chi connectivity index (χ2v) is 3.98. The number of hydrogen-bond donors (Lipinski definition) is 2. The standard InChI is InChI=1S/C15H16N2O2.ClH/c16-10-11-17-15(18)12-6-8-14(9-7-12)19-13-4-2-1-3-5-13;/h1-9H,10-11,16H2,(H,17,18);1H. The molecule has 0 heterocycles. The van der Waals surface area contributed by atoms with Gasteiger partial charge in [-0.1, -0.05) is 18.2 Å². The SMILES string of the molecule is Cl.NCCNC(=O)c1ccc(Oc2ccccc2)cc1. The van der Waals surface area contributed by atoms with Crippen LogP contribution in [0.5, 0.6) is 11.5 Å². The maximum Gasteiger partial charge on any atom is 0.251 e. The average molecular weight is 293 g/mol. The van der Waals surface area contributed by atoms with Crippen molar-refractivity contribution in [2.24, 2.45) is 5.73 Å². The van der Waals surface area contributed by atoms with Crippen molar-refractivity contribution in [1.82, 2.24) is 5.32 Å². The lowest BCUT2D eigenvalue weighted by molar-refractivity contribution is 0.0955. The maximum absolute atomic E-state index is 11.7. The van der Waals surface area contributed by atoms with Crippen LogP contribution in [0.3, 0.4) is 0 Å². The van der Waals surface area contributed by atoms with Gasteiger partial charge in [0.1, 0.15) is 11.5 Å². The number of hydrogen-bond acceptors (Lipinski definition) is 3. The summed E-state index contributed by atoms with van der Waals surface area (Å²) in [5.41, 5.74) is 5.92. The van der Waals surface area contributed by atoms with Gasteiger partial charge >= 0.3 is 0 Å². The van der Waals surface area contributed by atoms with E-state index >= 15 is 0 Å². The highest BCUT2D eigenvalue weighted by molar-refractivity contribution is 5.94. The van der Waals surface area contributed by atoms with E-state index in [9.17, 15) is 4.79 Å². The molecule has 0 saturated carbocycles. The Balaban J connectivity index is 0.00000200. The molecule has 0 aliphatic rings. The molecule has 0 unspecified atom stereocenters. The Morgan fingerprint density at radius 3 is 2.20 bits per heavy atom. The Hall–Kier alpha value is -2.04. The molecule has 3 N–H and O–H groups in total. The van der Waals surface area contributed by atoms with E-state index in [2.05, 4.69) is 5.32 Å². The molecule has 0 aliphatic heterocycles. The third kappa shape index (κ3) is 4.57. The Bertz CT molecular complexity index is 529. The molecule has 0 aliphatic carbocycles. The van der Waals surface area contributed by atoms with Crippen LogP contribution in [0, 0.1) is 0 Å². The van der Waals surface area contributed by atoms with Gasteiger partial charge in [-0.3, -0.25) is 4.79 Å². The normalized spacial score (nSPS) is 9.45. The van der Waals surface area contributed by atoms with Gasteiger partial charge in [0.2, 0.25) is 0 Å². The largest absolute Gasteiger partial charge is 0.457 e. The lowest BCUT2D eigenvalue weighted by Crippen LogP contribution is -2.28. The number of rotatable bonds is 5. The van der Waals surface area contributed by atoms with Gasteiger partial charge in [0, 0.05) is 18.7 Å². The van der Waals surface area contributed by atoms with E-state index in [1.807, 2.05) is 30.3 Å². The molecular formula is C15H17ClN2O2. The Morgan fingerprint density at radius 1 is 1.00 bits per heavy atom. The molecule has 106 valence electrons. The fourth-order valence-electron chi connectivity index (χ4n) is 1.59. The minimum absolute atomic E-state index is 0. The zero-order valence-corrected chi connectivity index (χ0v) is 11.7. The first-order valence-corrected chi connectivity index (χ1v) is 6.11. The molecule has 0 atom stereocenters. The number of halogens is 1. The summed E-state index contributed by atoms with van der Waals surface area (Å²) in [4.78, 5) is 11.7. The van der Waals surface area contributed by atoms with Crippen LogP contribution in [0.25, 0.3) is 0 Å². The van der Waals surface area contributed by atoms with Crippen molar-refractivity contribution in [1.29, 1.82) is 0 Å². The highest BCUT2D eigenvalue weighted by Crippen LogP contribution is 2.20. The number of para-hydroxylation sites is 1. The van der Waals surface area contributed by atoms with E-state index in [1.54, 1.807) is 24.3 Å². The van der Waals surface area contributed by atoms with Gasteiger partial charge in [0.25, 0.3) is 5.91 Å². The Morgan fingerprint density at radius 2 is 1.60 bits per heavy atom. The van der Waals surface area contributed by atoms with Gasteiger partial charge in [-0.25, -0.2) is 0 Å². The van der Waals surface area contributed by atoms with Crippen LogP contribution in [0.2, 0.25) is 0 Å². The van der Waals surface area contributed by atoms with Gasteiger partial charge in [-0.2, -0.15) is 0 Å². The van der Waals surface area contributed by atoms with Crippen molar-refractivity contribution >= 4 is 18.3 Å². The van der Waals surface area contributed by atoms with Crippen molar-refractivity contribution in [3.05, 3.63) is 60.2 Å². The lowest BCUT2D eigenvalue weighted by atomic mass is 10.2. The van der Waals surface area contributed by atoms with E-state index in [1.165, 1.54) is 0 Å². The van der Waals surface area contributed by atoms with Crippen LogP contribution in [-0.2, 0) is 0 Å². The van der Waals surface area contributed by atoms with Gasteiger partial charge in [-0.15, -0.1) is 12.4 Å². The summed E-state index contributed by atoms with van der Waals surface area (Å²) in [5, 5.41) is 2.71. The first-order valence-electron chi connectivity index (χ1n) is 6.11. The molecule has 0 spiro atoms. The summed E-state index contributed by atoms with van der Waals surface area (Å²) in [6.45, 7) is 0.905. The summed E-state index contributed by atoms with van der Waals surface area (Å²) >= 11 is 0. The molecule has 20 heavy (non-hydrogen) atoms. The maximum atomic E-state index is 11.7. The zero-order chi connectivity index (χ0) is 13.5. The van der Waals surface area contributed by atoms with E-state index in [0.29, 0.717) is 24.4 Å². The molecule has 2 aromatic rings. The third-order valence-corrected chi connectivity index (χ3v) is 2.53. The molecule has 0 bridgehead atoms. The summed E-state index contributed by atoms with van der Waals surface area (Å²) in [5.74, 6) is 1.33. The van der Waals surface area contributed by atoms with Crippen LogP contribution in [-0.4, -0.2) is 19.0 Å². The first-order chi connectivity index (χ1) is 9.29. The number of nitrogens with one attached hydrogen (secondary N) is 1. The molecule has 5 heteroatoms. The van der Waals surface area contributed by atoms with Gasteiger partial charge in [0.15, 0.2) is 0 Å². The van der Waals surface area contributed by atoms with Crippen LogP contribution < -0.4 is 15.8 Å². The minimum atomic E-state index is -0.128. The monoisotopic (exact) mass is 292 g/mol. The van der Waals surface area contributed by atoms with E-state index < -0.39 is 0 Å². The van der Waals surface area contributed by atoms with Crippen LogP contribution in [0.15, 0.2) is 54.6 Å². The summed E-state index contributed by atoms with van der Waals surface area (Å²) < 4.78 is 5.64. The molecule has 4 nitrogen and oxygen atoms in total. The van der Waals surface area contributed by atoms with Gasteiger partial charge in [0.05, 0.1) is 0 Å². The van der Waals surface area contributed by atoms with Crippen molar-refractivity contribution < 1.29 is 9.53 Å². The average Bonchev–Trinajstić information content (AvgIpc) is 2.46. The fraction of sp³-hybridized carbons (Fsp3) is 0.133. The third-order valence-electron chi connectivity index (χ3n) is 2.53. The van der Waals surface area contributed by atoms with E-state index in [-0.39, 0.29) is 18.3 Å². The summed E-state index contributed by atoms with van der Waals surface area (Å²) in [6, 6.07) is 16.5. The van der Waals surface area contributed by atoms with Crippen LogP contribution in [0.4, 0.5) is 0 Å². The van der Waals surface area contributed by atoms with Gasteiger partial charge < -0.3 is 15.8 Å². The molecule has 2 aromatic carbocycles. The Labute approximate surface area is 124 Å². The summed E-state index contributed by atoms with van der Waals surface area (Å²) in [7, 11) is 0. The Kier molecular flexibility index (Phi) is 6.56. The van der Waals surface area contributed by atoms with Crippen molar-refractivity contribution in [2.45, 2.75) is 0 Å². The molecular weight excluding hydrogens is 276 g/mol. The van der Waals surface area contributed by atoms with Gasteiger partial charge in [-0.05, 0) is 36.4 Å². The zero-order valence-electron chi connectivity index (χ0n) is 10.9. The topological polar surface area (TPSA) is 64.3 Å². The molecule has 0 fully saturated rings. The number of ether oxygens (including phenoxy) is 1. The molecule has 0 saturated heterocycles. The van der Waals surface area contributed by atoms with Crippen molar-refractivity contribution in [3.8, 4) is 11.5 Å². The van der Waals surface area contributed by atoms with E-state index in [0.717, 1.165) is 5.75 Å². The lowest BCUT2D eigenvalue weighted by Gasteiger charge is -2.07. The highest BCUT2D eigenvalue weighted by atomic mass is 35.5. The van der Waals surface area contributed by atoms with Crippen molar-refractivity contribution in [3.63, 3.8) is 0 Å². The van der Waals surface area contributed by atoms with E-state index in [4.69, 9.17) is 10.5 Å². The first kappa shape index (κ1) is 16.0. The second-order valence-electron chi connectivity index (χ2n) is 3.98. The number of carbonyl (C=O) groups is 1. The number of nitrogens with two attached hydrogens (primary N) is 1. The molecule has 0 aromatic heterocycles. The predicted molar refractivity (Wildman–Crippen MR) is 81.6 cm³/mol. The molecule has 1 amide bonds. The smallest absolute Gasteiger partial charge is 0.251 e. The molecule has 2 rings (SSSR count). The molecule has 0 radical (unpaired) electrons. The highest BCUT2D eigenvalue weighted by Gasteiger charge is 2.04. The number of amides is 1. The number of carbonyl (C=O) groups excluding carboxylic acids is 1. The van der Waals surface area contributed by atoms with Crippen LogP contribution in [0.1, 0.15) is 10.4 Å². The van der Waals surface area contributed by atoms with Crippen molar-refractivity contribution in [2.75, 3.05) is 13.1 Å².